The minimum Gasteiger partial charge on any atom is -0.240 e. The number of hydrogen-bond donors (Lipinski definition) is 1. The van der Waals surface area contributed by atoms with E-state index in [-0.39, 0.29) is 12.4 Å². The van der Waals surface area contributed by atoms with Gasteiger partial charge in [-0.2, -0.15) is 0 Å². The summed E-state index contributed by atoms with van der Waals surface area (Å²) in [7, 11) is -3.60. The van der Waals surface area contributed by atoms with Crippen molar-refractivity contribution in [2.45, 2.75) is 6.54 Å². The summed E-state index contributed by atoms with van der Waals surface area (Å²) < 4.78 is 39.7. The normalized spacial score (nSPS) is 11.7. The molecule has 1 N–H and O–H groups in total. The lowest BCUT2D eigenvalue weighted by atomic mass is 10.1. The molecule has 0 radical (unpaired) electrons. The maximum atomic E-state index is 13.0. The summed E-state index contributed by atoms with van der Waals surface area (Å²) in [6.07, 6.45) is 2.87. The lowest BCUT2D eigenvalue weighted by molar-refractivity contribution is 0.590. The Hall–Kier alpha value is -2.90. The van der Waals surface area contributed by atoms with E-state index in [4.69, 9.17) is 0 Å². The Morgan fingerprint density at radius 2 is 1.73 bits per heavy atom. The monoisotopic (exact) mass is 369 g/mol. The second-order valence-corrected chi connectivity index (χ2v) is 7.13. The topological polar surface area (TPSA) is 72.0 Å². The van der Waals surface area contributed by atoms with Crippen molar-refractivity contribution in [2.75, 3.05) is 0 Å². The van der Waals surface area contributed by atoms with Crippen molar-refractivity contribution in [3.63, 3.8) is 0 Å². The predicted molar refractivity (Wildman–Crippen MR) is 98.7 cm³/mol. The molecule has 0 aliphatic rings. The van der Waals surface area contributed by atoms with Gasteiger partial charge in [-0.05, 0) is 42.0 Å². The van der Waals surface area contributed by atoms with Crippen molar-refractivity contribution in [3.8, 4) is 11.3 Å². The van der Waals surface area contributed by atoms with Crippen LogP contribution in [0.15, 0.2) is 72.4 Å². The zero-order valence-corrected chi connectivity index (χ0v) is 14.5. The third kappa shape index (κ3) is 5.05. The molecular weight excluding hydrogens is 353 g/mol. The molecular formula is C19H16FN3O2S. The largest absolute Gasteiger partial charge is 0.240 e. The quantitative estimate of drug-likeness (QED) is 0.723. The first-order valence-electron chi connectivity index (χ1n) is 7.81. The number of aromatic nitrogens is 2. The fraction of sp³-hybridized carbons (Fsp3) is 0.0526. The second-order valence-electron chi connectivity index (χ2n) is 5.48. The van der Waals surface area contributed by atoms with Crippen molar-refractivity contribution in [1.82, 2.24) is 14.7 Å². The Bertz CT molecular complexity index is 1000. The van der Waals surface area contributed by atoms with Crippen molar-refractivity contribution in [1.29, 1.82) is 0 Å². The molecule has 0 spiro atoms. The van der Waals surface area contributed by atoms with Crippen LogP contribution in [-0.4, -0.2) is 18.4 Å². The molecule has 0 unspecified atom stereocenters. The highest BCUT2D eigenvalue weighted by atomic mass is 32.2. The molecule has 0 atom stereocenters. The van der Waals surface area contributed by atoms with E-state index < -0.39 is 10.0 Å². The van der Waals surface area contributed by atoms with Crippen LogP contribution in [0, 0.1) is 5.82 Å². The Labute approximate surface area is 151 Å². The summed E-state index contributed by atoms with van der Waals surface area (Å²) >= 11 is 0. The lowest BCUT2D eigenvalue weighted by Gasteiger charge is -2.05. The molecule has 3 rings (SSSR count). The van der Waals surface area contributed by atoms with Crippen molar-refractivity contribution in [2.24, 2.45) is 0 Å². The fourth-order valence-electron chi connectivity index (χ4n) is 2.23. The summed E-state index contributed by atoms with van der Waals surface area (Å²) in [6.45, 7) is 0.0260. The highest BCUT2D eigenvalue weighted by Crippen LogP contribution is 2.17. The van der Waals surface area contributed by atoms with Crippen molar-refractivity contribution < 1.29 is 12.8 Å². The number of halogens is 1. The van der Waals surface area contributed by atoms with Gasteiger partial charge in [-0.25, -0.2) is 27.5 Å². The Morgan fingerprint density at radius 1 is 1.00 bits per heavy atom. The van der Waals surface area contributed by atoms with Crippen LogP contribution in [0.25, 0.3) is 17.3 Å². The van der Waals surface area contributed by atoms with E-state index in [1.54, 1.807) is 18.2 Å². The molecule has 0 fully saturated rings. The first-order valence-corrected chi connectivity index (χ1v) is 9.36. The molecule has 5 nitrogen and oxygen atoms in total. The summed E-state index contributed by atoms with van der Waals surface area (Å²) in [4.78, 5) is 8.20. The number of benzene rings is 2. The second kappa shape index (κ2) is 7.99. The van der Waals surface area contributed by atoms with E-state index in [1.165, 1.54) is 24.5 Å². The average Bonchev–Trinajstić information content (AvgIpc) is 2.67. The zero-order valence-electron chi connectivity index (χ0n) is 13.7. The van der Waals surface area contributed by atoms with Gasteiger partial charge in [0, 0.05) is 11.0 Å². The van der Waals surface area contributed by atoms with E-state index >= 15 is 0 Å². The molecule has 132 valence electrons. The first-order chi connectivity index (χ1) is 12.5. The summed E-state index contributed by atoms with van der Waals surface area (Å²) in [5, 5.41) is 1.12. The molecule has 1 heterocycles. The Morgan fingerprint density at radius 3 is 2.46 bits per heavy atom. The molecule has 0 amide bonds. The third-order valence-corrected chi connectivity index (χ3v) is 4.60. The van der Waals surface area contributed by atoms with Crippen molar-refractivity contribution >= 4 is 16.1 Å². The molecule has 0 aliphatic heterocycles. The van der Waals surface area contributed by atoms with Crippen LogP contribution in [0.4, 0.5) is 4.39 Å². The highest BCUT2D eigenvalue weighted by molar-refractivity contribution is 7.92. The van der Waals surface area contributed by atoms with Gasteiger partial charge in [-0.15, -0.1) is 0 Å². The Kier molecular flexibility index (Phi) is 5.50. The van der Waals surface area contributed by atoms with E-state index in [1.807, 2.05) is 30.3 Å². The van der Waals surface area contributed by atoms with Gasteiger partial charge in [0.25, 0.3) is 0 Å². The van der Waals surface area contributed by atoms with Crippen molar-refractivity contribution in [3.05, 3.63) is 89.5 Å². The maximum Gasteiger partial charge on any atom is 0.234 e. The maximum absolute atomic E-state index is 13.0. The number of rotatable bonds is 6. The molecule has 0 saturated carbocycles. The number of hydrogen-bond acceptors (Lipinski definition) is 4. The smallest absolute Gasteiger partial charge is 0.234 e. The first kappa shape index (κ1) is 17.9. The van der Waals surface area contributed by atoms with Gasteiger partial charge >= 0.3 is 0 Å². The standard InChI is InChI=1S/C19H16FN3O2S/c20-17-8-6-16(7-9-17)19-12-18(21-14-22-19)13-23-26(24,25)11-10-15-4-2-1-3-5-15/h1-12,14,23H,13H2/b11-10+. The zero-order chi connectivity index (χ0) is 18.4. The molecule has 0 bridgehead atoms. The van der Waals surface area contributed by atoms with Crippen LogP contribution >= 0.6 is 0 Å². The highest BCUT2D eigenvalue weighted by Gasteiger charge is 2.07. The van der Waals surface area contributed by atoms with E-state index in [2.05, 4.69) is 14.7 Å². The fourth-order valence-corrected chi connectivity index (χ4v) is 3.01. The molecule has 1 aromatic heterocycles. The molecule has 2 aromatic carbocycles. The number of sulfonamides is 1. The minimum atomic E-state index is -3.60. The van der Waals surface area contributed by atoms with Crippen LogP contribution < -0.4 is 4.72 Å². The van der Waals surface area contributed by atoms with Gasteiger partial charge in [0.1, 0.15) is 12.1 Å². The van der Waals surface area contributed by atoms with Crippen LogP contribution in [0.5, 0.6) is 0 Å². The number of nitrogens with one attached hydrogen (secondary N) is 1. The SMILES string of the molecule is O=S(=O)(/C=C/c1ccccc1)NCc1cc(-c2ccc(F)cc2)ncn1. The van der Waals surface area contributed by atoms with Crippen LogP contribution in [0.2, 0.25) is 0 Å². The minimum absolute atomic E-state index is 0.0260. The molecule has 7 heteroatoms. The summed E-state index contributed by atoms with van der Waals surface area (Å²) in [5.41, 5.74) is 2.62. The summed E-state index contributed by atoms with van der Waals surface area (Å²) in [6, 6.07) is 16.7. The van der Waals surface area contributed by atoms with Gasteiger partial charge in [-0.1, -0.05) is 30.3 Å². The van der Waals surface area contributed by atoms with E-state index in [0.29, 0.717) is 11.4 Å². The predicted octanol–water partition coefficient (Wildman–Crippen LogP) is 3.37. The Balaban J connectivity index is 1.68. The van der Waals surface area contributed by atoms with Gasteiger partial charge in [0.2, 0.25) is 10.0 Å². The summed E-state index contributed by atoms with van der Waals surface area (Å²) in [5.74, 6) is -0.332. The molecule has 3 aromatic rings. The van der Waals surface area contributed by atoms with E-state index in [0.717, 1.165) is 16.5 Å². The lowest BCUT2D eigenvalue weighted by Crippen LogP contribution is -2.21. The van der Waals surface area contributed by atoms with Gasteiger partial charge in [0.15, 0.2) is 0 Å². The van der Waals surface area contributed by atoms with Gasteiger partial charge in [0.05, 0.1) is 17.9 Å². The molecule has 0 aliphatic carbocycles. The molecule has 26 heavy (non-hydrogen) atoms. The van der Waals surface area contributed by atoms with Crippen LogP contribution in [0.3, 0.4) is 0 Å². The van der Waals surface area contributed by atoms with Gasteiger partial charge in [-0.3, -0.25) is 0 Å². The average molecular weight is 369 g/mol. The third-order valence-electron chi connectivity index (χ3n) is 3.56. The van der Waals surface area contributed by atoms with Crippen LogP contribution in [-0.2, 0) is 16.6 Å². The van der Waals surface area contributed by atoms with Crippen LogP contribution in [0.1, 0.15) is 11.3 Å². The number of nitrogens with zero attached hydrogens (tertiary/aromatic N) is 2. The van der Waals surface area contributed by atoms with E-state index in [9.17, 15) is 12.8 Å². The molecule has 0 saturated heterocycles. The van der Waals surface area contributed by atoms with Gasteiger partial charge < -0.3 is 0 Å².